The average molecular weight is 295 g/mol. The molecule has 1 aliphatic rings. The number of fused-ring (bicyclic) bond motifs is 1. The van der Waals surface area contributed by atoms with Crippen molar-refractivity contribution in [1.29, 1.82) is 0 Å². The summed E-state index contributed by atoms with van der Waals surface area (Å²) < 4.78 is 13.1. The summed E-state index contributed by atoms with van der Waals surface area (Å²) >= 11 is 0. The molecule has 1 atom stereocenters. The molecule has 4 rings (SSSR count). The first kappa shape index (κ1) is 13.4. The molecule has 112 valence electrons. The van der Waals surface area contributed by atoms with Crippen molar-refractivity contribution in [2.45, 2.75) is 19.1 Å². The van der Waals surface area contributed by atoms with E-state index in [-0.39, 0.29) is 6.10 Å². The minimum atomic E-state index is 0.229. The van der Waals surface area contributed by atoms with Gasteiger partial charge in [-0.05, 0) is 23.6 Å². The van der Waals surface area contributed by atoms with Gasteiger partial charge in [0.05, 0.1) is 25.5 Å². The Morgan fingerprint density at radius 1 is 1.27 bits per heavy atom. The molecule has 5 heteroatoms. The molecule has 0 spiro atoms. The van der Waals surface area contributed by atoms with Gasteiger partial charge in [0.2, 0.25) is 0 Å². The standard InChI is InChI=1S/C17H17N3O2/c1-2-13(10-22-16-4-5-21-11-16)6-14(3-1)15-7-19-17-8-18-12-20(17)9-15/h1-3,6-9,12,16H,4-5,10-11H2. The van der Waals surface area contributed by atoms with E-state index in [0.717, 1.165) is 35.4 Å². The lowest BCUT2D eigenvalue weighted by atomic mass is 10.1. The van der Waals surface area contributed by atoms with Crippen molar-refractivity contribution in [3.05, 3.63) is 54.7 Å². The fourth-order valence-electron chi connectivity index (χ4n) is 2.66. The van der Waals surface area contributed by atoms with E-state index in [4.69, 9.17) is 9.47 Å². The highest BCUT2D eigenvalue weighted by atomic mass is 16.5. The molecule has 1 fully saturated rings. The summed E-state index contributed by atoms with van der Waals surface area (Å²) in [5.74, 6) is 0. The molecule has 0 saturated carbocycles. The first-order valence-corrected chi connectivity index (χ1v) is 7.45. The minimum Gasteiger partial charge on any atom is -0.379 e. The van der Waals surface area contributed by atoms with Gasteiger partial charge in [0.25, 0.3) is 0 Å². The zero-order valence-electron chi connectivity index (χ0n) is 12.2. The molecule has 2 aromatic heterocycles. The smallest absolute Gasteiger partial charge is 0.156 e. The molecular weight excluding hydrogens is 278 g/mol. The number of nitrogens with zero attached hydrogens (tertiary/aromatic N) is 3. The van der Waals surface area contributed by atoms with Crippen molar-refractivity contribution in [3.63, 3.8) is 0 Å². The fraction of sp³-hybridized carbons (Fsp3) is 0.294. The predicted molar refractivity (Wildman–Crippen MR) is 82.4 cm³/mol. The van der Waals surface area contributed by atoms with Crippen molar-refractivity contribution >= 4 is 5.65 Å². The molecule has 0 amide bonds. The zero-order valence-corrected chi connectivity index (χ0v) is 12.2. The summed E-state index contributed by atoms with van der Waals surface area (Å²) in [4.78, 5) is 8.50. The van der Waals surface area contributed by atoms with Crippen LogP contribution in [0.3, 0.4) is 0 Å². The summed E-state index contributed by atoms with van der Waals surface area (Å²) in [5.41, 5.74) is 4.21. The lowest BCUT2D eigenvalue weighted by molar-refractivity contribution is 0.0318. The van der Waals surface area contributed by atoms with Crippen LogP contribution in [0.4, 0.5) is 0 Å². The normalized spacial score (nSPS) is 18.1. The van der Waals surface area contributed by atoms with Gasteiger partial charge in [-0.15, -0.1) is 0 Å². The second-order valence-electron chi connectivity index (χ2n) is 5.50. The van der Waals surface area contributed by atoms with E-state index in [0.29, 0.717) is 13.2 Å². The largest absolute Gasteiger partial charge is 0.379 e. The molecule has 0 bridgehead atoms. The maximum atomic E-state index is 5.88. The second-order valence-corrected chi connectivity index (χ2v) is 5.50. The Kier molecular flexibility index (Phi) is 3.58. The van der Waals surface area contributed by atoms with E-state index in [2.05, 4.69) is 34.2 Å². The van der Waals surface area contributed by atoms with Crippen LogP contribution in [-0.2, 0) is 16.1 Å². The van der Waals surface area contributed by atoms with Gasteiger partial charge in [-0.25, -0.2) is 9.97 Å². The number of ether oxygens (including phenoxy) is 2. The third-order valence-electron chi connectivity index (χ3n) is 3.89. The van der Waals surface area contributed by atoms with E-state index >= 15 is 0 Å². The number of imidazole rings is 1. The molecule has 1 aliphatic heterocycles. The van der Waals surface area contributed by atoms with Gasteiger partial charge in [0.1, 0.15) is 6.33 Å². The quantitative estimate of drug-likeness (QED) is 0.742. The molecule has 0 N–H and O–H groups in total. The molecule has 1 saturated heterocycles. The van der Waals surface area contributed by atoms with Crippen LogP contribution in [0, 0.1) is 0 Å². The summed E-state index contributed by atoms with van der Waals surface area (Å²) in [5, 5.41) is 0. The predicted octanol–water partition coefficient (Wildman–Crippen LogP) is 2.70. The molecule has 5 nitrogen and oxygen atoms in total. The summed E-state index contributed by atoms with van der Waals surface area (Å²) in [6.45, 7) is 2.13. The van der Waals surface area contributed by atoms with Gasteiger partial charge in [-0.1, -0.05) is 18.2 Å². The molecular formula is C17H17N3O2. The van der Waals surface area contributed by atoms with Gasteiger partial charge in [-0.2, -0.15) is 0 Å². The summed E-state index contributed by atoms with van der Waals surface area (Å²) in [7, 11) is 0. The minimum absolute atomic E-state index is 0.229. The first-order chi connectivity index (χ1) is 10.9. The van der Waals surface area contributed by atoms with Crippen molar-refractivity contribution in [2.24, 2.45) is 0 Å². The average Bonchev–Trinajstić information content (AvgIpc) is 3.24. The number of hydrogen-bond acceptors (Lipinski definition) is 4. The lowest BCUT2D eigenvalue weighted by Crippen LogP contribution is -2.11. The maximum Gasteiger partial charge on any atom is 0.156 e. The van der Waals surface area contributed by atoms with Crippen LogP contribution in [-0.4, -0.2) is 33.7 Å². The fourth-order valence-corrected chi connectivity index (χ4v) is 2.66. The van der Waals surface area contributed by atoms with Crippen LogP contribution in [0.2, 0.25) is 0 Å². The Labute approximate surface area is 128 Å². The number of rotatable bonds is 4. The third kappa shape index (κ3) is 2.73. The van der Waals surface area contributed by atoms with E-state index < -0.39 is 0 Å². The Hall–Kier alpha value is -2.24. The highest BCUT2D eigenvalue weighted by molar-refractivity contribution is 5.63. The van der Waals surface area contributed by atoms with E-state index in [1.807, 2.05) is 16.8 Å². The maximum absolute atomic E-state index is 5.88. The van der Waals surface area contributed by atoms with Crippen LogP contribution in [0.15, 0.2) is 49.2 Å². The van der Waals surface area contributed by atoms with Gasteiger partial charge in [-0.3, -0.25) is 4.40 Å². The summed E-state index contributed by atoms with van der Waals surface area (Å²) in [6, 6.07) is 8.37. The van der Waals surface area contributed by atoms with Crippen LogP contribution in [0.25, 0.3) is 16.8 Å². The second kappa shape index (κ2) is 5.87. The molecule has 3 heterocycles. The van der Waals surface area contributed by atoms with Gasteiger partial charge in [0, 0.05) is 24.6 Å². The van der Waals surface area contributed by atoms with Crippen molar-refractivity contribution < 1.29 is 9.47 Å². The lowest BCUT2D eigenvalue weighted by Gasteiger charge is -2.11. The highest BCUT2D eigenvalue weighted by Gasteiger charge is 2.15. The molecule has 0 radical (unpaired) electrons. The topological polar surface area (TPSA) is 48.7 Å². The van der Waals surface area contributed by atoms with Crippen LogP contribution >= 0.6 is 0 Å². The molecule has 0 aliphatic carbocycles. The number of aromatic nitrogens is 3. The van der Waals surface area contributed by atoms with E-state index in [1.165, 1.54) is 0 Å². The molecule has 22 heavy (non-hydrogen) atoms. The highest BCUT2D eigenvalue weighted by Crippen LogP contribution is 2.21. The van der Waals surface area contributed by atoms with Gasteiger partial charge < -0.3 is 9.47 Å². The van der Waals surface area contributed by atoms with Gasteiger partial charge in [0.15, 0.2) is 5.65 Å². The van der Waals surface area contributed by atoms with Crippen LogP contribution in [0.5, 0.6) is 0 Å². The van der Waals surface area contributed by atoms with Gasteiger partial charge >= 0.3 is 0 Å². The monoisotopic (exact) mass is 295 g/mol. The molecule has 1 unspecified atom stereocenters. The summed E-state index contributed by atoms with van der Waals surface area (Å²) in [6.07, 6.45) is 8.65. The Balaban J connectivity index is 1.54. The SMILES string of the molecule is c1cc(COC2CCOC2)cc(-c2cnc3cncn3c2)c1. The molecule has 3 aromatic rings. The number of hydrogen-bond donors (Lipinski definition) is 0. The number of benzene rings is 1. The molecule has 1 aromatic carbocycles. The van der Waals surface area contributed by atoms with Crippen molar-refractivity contribution in [2.75, 3.05) is 13.2 Å². The Morgan fingerprint density at radius 2 is 2.27 bits per heavy atom. The van der Waals surface area contributed by atoms with Crippen molar-refractivity contribution in [3.8, 4) is 11.1 Å². The Morgan fingerprint density at radius 3 is 3.18 bits per heavy atom. The third-order valence-corrected chi connectivity index (χ3v) is 3.89. The zero-order chi connectivity index (χ0) is 14.8. The van der Waals surface area contributed by atoms with Crippen LogP contribution < -0.4 is 0 Å². The Bertz CT molecular complexity index is 778. The first-order valence-electron chi connectivity index (χ1n) is 7.45. The van der Waals surface area contributed by atoms with E-state index in [1.54, 1.807) is 12.5 Å². The van der Waals surface area contributed by atoms with Crippen LogP contribution in [0.1, 0.15) is 12.0 Å². The van der Waals surface area contributed by atoms with E-state index in [9.17, 15) is 0 Å². The van der Waals surface area contributed by atoms with Crippen molar-refractivity contribution in [1.82, 2.24) is 14.4 Å².